The summed E-state index contributed by atoms with van der Waals surface area (Å²) in [6, 6.07) is 4.68. The molecule has 0 radical (unpaired) electrons. The Morgan fingerprint density at radius 2 is 1.96 bits per heavy atom. The van der Waals surface area contributed by atoms with E-state index in [4.69, 9.17) is 28.3 Å². The van der Waals surface area contributed by atoms with Crippen LogP contribution in [0.15, 0.2) is 33.5 Å². The number of halogens is 2. The van der Waals surface area contributed by atoms with Gasteiger partial charge in [0.1, 0.15) is 4.83 Å². The molecule has 0 fully saturated rings. The van der Waals surface area contributed by atoms with Crippen LogP contribution in [0.2, 0.25) is 10.0 Å². The number of carbonyl (C=O) groups is 2. The van der Waals surface area contributed by atoms with Crippen LogP contribution >= 0.6 is 46.3 Å². The van der Waals surface area contributed by atoms with Gasteiger partial charge in [0.2, 0.25) is 5.91 Å². The summed E-state index contributed by atoms with van der Waals surface area (Å²) in [5, 5.41) is 13.6. The summed E-state index contributed by atoms with van der Waals surface area (Å²) in [5.74, 6) is -1.53. The fourth-order valence-electron chi connectivity index (χ4n) is 2.23. The Hall–Kier alpha value is -2.07. The molecule has 2 aromatic heterocycles. The Balaban J connectivity index is 1.79. The monoisotopic (exact) mass is 443 g/mol. The third kappa shape index (κ3) is 4.44. The van der Waals surface area contributed by atoms with Gasteiger partial charge < -0.3 is 15.4 Å². The Labute approximate surface area is 170 Å². The van der Waals surface area contributed by atoms with Crippen molar-refractivity contribution in [1.82, 2.24) is 9.97 Å². The van der Waals surface area contributed by atoms with E-state index >= 15 is 0 Å². The average molecular weight is 444 g/mol. The quantitative estimate of drug-likeness (QED) is 0.403. The molecule has 7 nitrogen and oxygen atoms in total. The topological polar surface area (TPSA) is 112 Å². The van der Waals surface area contributed by atoms with E-state index in [1.165, 1.54) is 5.38 Å². The Kier molecular flexibility index (Phi) is 5.75. The van der Waals surface area contributed by atoms with Crippen LogP contribution < -0.4 is 10.9 Å². The van der Waals surface area contributed by atoms with Crippen LogP contribution in [0.5, 0.6) is 0 Å². The molecule has 0 saturated heterocycles. The maximum Gasteiger partial charge on any atom is 0.337 e. The van der Waals surface area contributed by atoms with Crippen LogP contribution in [-0.4, -0.2) is 32.2 Å². The molecule has 1 amide bonds. The number of anilines is 1. The average Bonchev–Trinajstić information content (AvgIpc) is 2.98. The fraction of sp³-hybridized carbons (Fsp3) is 0.125. The summed E-state index contributed by atoms with van der Waals surface area (Å²) >= 11 is 13.9. The molecule has 11 heteroatoms. The molecule has 0 aliphatic carbocycles. The minimum atomic E-state index is -1.19. The van der Waals surface area contributed by atoms with Crippen LogP contribution in [0.25, 0.3) is 10.2 Å². The van der Waals surface area contributed by atoms with Gasteiger partial charge in [-0.15, -0.1) is 11.3 Å². The lowest BCUT2D eigenvalue weighted by atomic mass is 10.2. The molecule has 3 N–H and O–H groups in total. The first-order valence-electron chi connectivity index (χ1n) is 7.43. The van der Waals surface area contributed by atoms with E-state index in [1.54, 1.807) is 25.1 Å². The van der Waals surface area contributed by atoms with E-state index < -0.39 is 16.8 Å². The lowest BCUT2D eigenvalue weighted by molar-refractivity contribution is -0.115. The minimum Gasteiger partial charge on any atom is -0.478 e. The number of H-pyrrole nitrogens is 1. The summed E-state index contributed by atoms with van der Waals surface area (Å²) in [4.78, 5) is 42.8. The number of carboxylic acids is 1. The zero-order valence-corrected chi connectivity index (χ0v) is 16.7. The van der Waals surface area contributed by atoms with Gasteiger partial charge >= 0.3 is 5.97 Å². The molecular formula is C16H11Cl2N3O4S2. The number of fused-ring (bicyclic) bond motifs is 1. The molecule has 1 unspecified atom stereocenters. The number of aromatic carboxylic acids is 1. The standard InChI is InChI=1S/C16H11Cl2N3O4S2/c1-6(12(22)19-9-3-7(17)2-8(18)4-9)27-16-20-13(23)11-10(15(24)25)5-26-14(11)21-16/h2-6H,1H3,(H,19,22)(H,24,25)(H,20,21,23). The number of rotatable bonds is 5. The number of aromatic nitrogens is 2. The number of aromatic amines is 1. The SMILES string of the molecule is CC(Sc1nc2scc(C(=O)O)c2c(=O)[nH]1)C(=O)Nc1cc(Cl)cc(Cl)c1. The summed E-state index contributed by atoms with van der Waals surface area (Å²) in [5.41, 5.74) is -0.203. The first kappa shape index (κ1) is 19.7. The lowest BCUT2D eigenvalue weighted by Gasteiger charge is -2.12. The van der Waals surface area contributed by atoms with Crippen molar-refractivity contribution in [2.24, 2.45) is 0 Å². The van der Waals surface area contributed by atoms with Crippen molar-refractivity contribution in [2.75, 3.05) is 5.32 Å². The van der Waals surface area contributed by atoms with Crippen LogP contribution in [0.3, 0.4) is 0 Å². The predicted octanol–water partition coefficient (Wildman–Crippen LogP) is 4.11. The van der Waals surface area contributed by atoms with Crippen LogP contribution in [0, 0.1) is 0 Å². The zero-order chi connectivity index (χ0) is 19.7. The van der Waals surface area contributed by atoms with Gasteiger partial charge in [0.25, 0.3) is 5.56 Å². The third-order valence-corrected chi connectivity index (χ3v) is 5.73. The summed E-state index contributed by atoms with van der Waals surface area (Å²) in [7, 11) is 0. The second-order valence-electron chi connectivity index (χ2n) is 5.41. The summed E-state index contributed by atoms with van der Waals surface area (Å²) in [6.07, 6.45) is 0. The van der Waals surface area contributed by atoms with E-state index in [9.17, 15) is 14.4 Å². The van der Waals surface area contributed by atoms with Crippen molar-refractivity contribution in [1.29, 1.82) is 0 Å². The smallest absolute Gasteiger partial charge is 0.337 e. The predicted molar refractivity (Wildman–Crippen MR) is 108 cm³/mol. The molecule has 3 rings (SSSR count). The highest BCUT2D eigenvalue weighted by molar-refractivity contribution is 8.00. The molecule has 27 heavy (non-hydrogen) atoms. The number of carbonyl (C=O) groups excluding carboxylic acids is 1. The Morgan fingerprint density at radius 1 is 1.30 bits per heavy atom. The summed E-state index contributed by atoms with van der Waals surface area (Å²) in [6.45, 7) is 1.65. The van der Waals surface area contributed by atoms with Gasteiger partial charge in [0, 0.05) is 21.1 Å². The zero-order valence-electron chi connectivity index (χ0n) is 13.6. The largest absolute Gasteiger partial charge is 0.478 e. The van der Waals surface area contributed by atoms with Gasteiger partial charge in [-0.2, -0.15) is 0 Å². The molecular weight excluding hydrogens is 433 g/mol. The van der Waals surface area contributed by atoms with Crippen LogP contribution in [-0.2, 0) is 4.79 Å². The number of nitrogens with zero attached hydrogens (tertiary/aromatic N) is 1. The van der Waals surface area contributed by atoms with Gasteiger partial charge in [-0.3, -0.25) is 9.59 Å². The molecule has 0 bridgehead atoms. The van der Waals surface area contributed by atoms with Gasteiger partial charge in [0.05, 0.1) is 16.2 Å². The van der Waals surface area contributed by atoms with Gasteiger partial charge in [0.15, 0.2) is 5.16 Å². The number of thioether (sulfide) groups is 1. The van der Waals surface area contributed by atoms with Crippen molar-refractivity contribution >= 4 is 74.1 Å². The molecule has 1 aromatic carbocycles. The molecule has 2 heterocycles. The molecule has 1 atom stereocenters. The highest BCUT2D eigenvalue weighted by Crippen LogP contribution is 2.27. The number of amides is 1. The number of thiophene rings is 1. The lowest BCUT2D eigenvalue weighted by Crippen LogP contribution is -2.23. The van der Waals surface area contributed by atoms with Crippen molar-refractivity contribution in [3.63, 3.8) is 0 Å². The van der Waals surface area contributed by atoms with Crippen molar-refractivity contribution in [3.8, 4) is 0 Å². The fourth-order valence-corrected chi connectivity index (χ4v) is 4.53. The molecule has 0 aliphatic heterocycles. The van der Waals surface area contributed by atoms with Gasteiger partial charge in [-0.1, -0.05) is 35.0 Å². The number of nitrogens with one attached hydrogen (secondary N) is 2. The number of hydrogen-bond donors (Lipinski definition) is 3. The molecule has 140 valence electrons. The van der Waals surface area contributed by atoms with E-state index in [1.807, 2.05) is 0 Å². The number of hydrogen-bond acceptors (Lipinski definition) is 6. The van der Waals surface area contributed by atoms with Crippen molar-refractivity contribution in [2.45, 2.75) is 17.3 Å². The molecule has 0 aliphatic rings. The number of carboxylic acid groups (broad SMARTS) is 1. The van der Waals surface area contributed by atoms with Crippen molar-refractivity contribution in [3.05, 3.63) is 49.5 Å². The Morgan fingerprint density at radius 3 is 2.59 bits per heavy atom. The molecule has 0 saturated carbocycles. The normalized spacial score (nSPS) is 12.1. The summed E-state index contributed by atoms with van der Waals surface area (Å²) < 4.78 is 0. The van der Waals surface area contributed by atoms with Gasteiger partial charge in [-0.05, 0) is 25.1 Å². The van der Waals surface area contributed by atoms with Crippen LogP contribution in [0.1, 0.15) is 17.3 Å². The van der Waals surface area contributed by atoms with Crippen molar-refractivity contribution < 1.29 is 14.7 Å². The maximum absolute atomic E-state index is 12.4. The van der Waals surface area contributed by atoms with E-state index in [-0.39, 0.29) is 22.0 Å². The third-order valence-electron chi connectivity index (χ3n) is 3.44. The highest BCUT2D eigenvalue weighted by atomic mass is 35.5. The molecule has 3 aromatic rings. The highest BCUT2D eigenvalue weighted by Gasteiger charge is 2.20. The first-order valence-corrected chi connectivity index (χ1v) is 9.94. The number of benzene rings is 1. The van der Waals surface area contributed by atoms with E-state index in [0.717, 1.165) is 23.1 Å². The molecule has 0 spiro atoms. The van der Waals surface area contributed by atoms with Crippen LogP contribution in [0.4, 0.5) is 5.69 Å². The first-order chi connectivity index (χ1) is 12.7. The van der Waals surface area contributed by atoms with Gasteiger partial charge in [-0.25, -0.2) is 9.78 Å². The Bertz CT molecular complexity index is 1090. The second-order valence-corrected chi connectivity index (χ2v) is 8.47. The second kappa shape index (κ2) is 7.89. The van der Waals surface area contributed by atoms with E-state index in [0.29, 0.717) is 20.6 Å². The minimum absolute atomic E-state index is 0.0301. The maximum atomic E-state index is 12.4. The van der Waals surface area contributed by atoms with E-state index in [2.05, 4.69) is 15.3 Å².